The SMILES string of the molecule is CC.COCc1cn(CC(C)(C)CC(C)(C)CCNC(=O)C(C)C)nn1. The maximum atomic E-state index is 11.7. The van der Waals surface area contributed by atoms with Gasteiger partial charge in [0.15, 0.2) is 0 Å². The lowest BCUT2D eigenvalue weighted by molar-refractivity contribution is -0.124. The molecule has 0 bridgehead atoms. The molecule has 0 fully saturated rings. The summed E-state index contributed by atoms with van der Waals surface area (Å²) in [7, 11) is 1.66. The molecule has 1 aromatic rings. The molecule has 6 nitrogen and oxygen atoms in total. The molecule has 1 heterocycles. The number of amides is 1. The molecule has 0 unspecified atom stereocenters. The normalized spacial score (nSPS) is 11.9. The predicted molar refractivity (Wildman–Crippen MR) is 107 cm³/mol. The molecule has 0 spiro atoms. The van der Waals surface area contributed by atoms with E-state index in [-0.39, 0.29) is 22.7 Å². The molecule has 152 valence electrons. The number of carbonyl (C=O) groups excluding carboxylic acids is 1. The quantitative estimate of drug-likeness (QED) is 0.676. The summed E-state index contributed by atoms with van der Waals surface area (Å²) in [6.07, 6.45) is 3.94. The van der Waals surface area contributed by atoms with Crippen LogP contribution in [0, 0.1) is 16.7 Å². The molecular formula is C20H40N4O2. The third kappa shape index (κ3) is 9.90. The van der Waals surface area contributed by atoms with Gasteiger partial charge in [0.25, 0.3) is 0 Å². The van der Waals surface area contributed by atoms with Gasteiger partial charge in [-0.2, -0.15) is 0 Å². The van der Waals surface area contributed by atoms with Gasteiger partial charge in [-0.15, -0.1) is 5.10 Å². The van der Waals surface area contributed by atoms with E-state index >= 15 is 0 Å². The summed E-state index contributed by atoms with van der Waals surface area (Å²) in [5, 5.41) is 11.3. The summed E-state index contributed by atoms with van der Waals surface area (Å²) in [5.41, 5.74) is 1.08. The van der Waals surface area contributed by atoms with Crippen LogP contribution in [0.4, 0.5) is 0 Å². The highest BCUT2D eigenvalue weighted by molar-refractivity contribution is 5.77. The molecule has 0 radical (unpaired) electrons. The molecule has 26 heavy (non-hydrogen) atoms. The molecule has 1 amide bonds. The Kier molecular flexibility index (Phi) is 10.7. The van der Waals surface area contributed by atoms with Crippen molar-refractivity contribution < 1.29 is 9.53 Å². The predicted octanol–water partition coefficient (Wildman–Crippen LogP) is 4.06. The van der Waals surface area contributed by atoms with Gasteiger partial charge in [-0.1, -0.05) is 60.6 Å². The van der Waals surface area contributed by atoms with E-state index in [1.807, 2.05) is 38.6 Å². The van der Waals surface area contributed by atoms with Gasteiger partial charge in [0.2, 0.25) is 5.91 Å². The first-order valence-corrected chi connectivity index (χ1v) is 9.70. The van der Waals surface area contributed by atoms with Gasteiger partial charge in [-0.3, -0.25) is 9.48 Å². The minimum absolute atomic E-state index is 0.0400. The lowest BCUT2D eigenvalue weighted by Gasteiger charge is -2.35. The van der Waals surface area contributed by atoms with Gasteiger partial charge in [-0.05, 0) is 23.7 Å². The third-order valence-electron chi connectivity index (χ3n) is 4.05. The van der Waals surface area contributed by atoms with E-state index in [1.165, 1.54) is 0 Å². The summed E-state index contributed by atoms with van der Waals surface area (Å²) in [6, 6.07) is 0. The molecule has 1 N–H and O–H groups in total. The van der Waals surface area contributed by atoms with Gasteiger partial charge >= 0.3 is 0 Å². The van der Waals surface area contributed by atoms with E-state index in [9.17, 15) is 4.79 Å². The topological polar surface area (TPSA) is 69.0 Å². The Morgan fingerprint density at radius 3 is 2.38 bits per heavy atom. The second-order valence-corrected chi connectivity index (χ2v) is 8.54. The zero-order valence-corrected chi connectivity index (χ0v) is 18.3. The van der Waals surface area contributed by atoms with Crippen molar-refractivity contribution in [1.29, 1.82) is 0 Å². The Hall–Kier alpha value is -1.43. The van der Waals surface area contributed by atoms with Gasteiger partial charge in [0.1, 0.15) is 5.69 Å². The van der Waals surface area contributed by atoms with Crippen LogP contribution in [0.2, 0.25) is 0 Å². The van der Waals surface area contributed by atoms with Crippen molar-refractivity contribution in [3.8, 4) is 0 Å². The van der Waals surface area contributed by atoms with Crippen LogP contribution in [-0.4, -0.2) is 34.6 Å². The molecule has 6 heteroatoms. The minimum atomic E-state index is 0.0400. The largest absolute Gasteiger partial charge is 0.378 e. The van der Waals surface area contributed by atoms with Crippen molar-refractivity contribution in [3.05, 3.63) is 11.9 Å². The van der Waals surface area contributed by atoms with Crippen LogP contribution in [0.3, 0.4) is 0 Å². The number of hydrogen-bond donors (Lipinski definition) is 1. The Morgan fingerprint density at radius 2 is 1.85 bits per heavy atom. The molecule has 1 rings (SSSR count). The maximum Gasteiger partial charge on any atom is 0.222 e. The number of hydrogen-bond acceptors (Lipinski definition) is 4. The second kappa shape index (κ2) is 11.3. The van der Waals surface area contributed by atoms with Crippen molar-refractivity contribution in [3.63, 3.8) is 0 Å². The van der Waals surface area contributed by atoms with Crippen molar-refractivity contribution >= 4 is 5.91 Å². The van der Waals surface area contributed by atoms with Gasteiger partial charge in [-0.25, -0.2) is 0 Å². The van der Waals surface area contributed by atoms with Crippen LogP contribution < -0.4 is 5.32 Å². The van der Waals surface area contributed by atoms with Gasteiger partial charge in [0, 0.05) is 26.1 Å². The monoisotopic (exact) mass is 368 g/mol. The standard InChI is InChI=1S/C18H34N4O2.C2H6/c1-14(2)16(23)19-9-8-17(3,4)12-18(5,6)13-22-10-15(11-24-7)20-21-22;1-2/h10,14H,8-9,11-13H2,1-7H3,(H,19,23);1-2H3. The van der Waals surface area contributed by atoms with E-state index in [0.717, 1.165) is 31.6 Å². The molecule has 0 aliphatic rings. The summed E-state index contributed by atoms with van der Waals surface area (Å²) in [4.78, 5) is 11.7. The molecule has 0 aliphatic heterocycles. The number of nitrogens with one attached hydrogen (secondary N) is 1. The first-order chi connectivity index (χ1) is 12.0. The van der Waals surface area contributed by atoms with E-state index in [1.54, 1.807) is 7.11 Å². The fourth-order valence-corrected chi connectivity index (χ4v) is 3.24. The van der Waals surface area contributed by atoms with Gasteiger partial charge in [0.05, 0.1) is 12.8 Å². The maximum absolute atomic E-state index is 11.7. The van der Waals surface area contributed by atoms with E-state index < -0.39 is 0 Å². The van der Waals surface area contributed by atoms with E-state index in [2.05, 4.69) is 43.3 Å². The zero-order valence-electron chi connectivity index (χ0n) is 18.3. The number of nitrogens with zero attached hydrogens (tertiary/aromatic N) is 3. The lowest BCUT2D eigenvalue weighted by atomic mass is 9.73. The summed E-state index contributed by atoms with van der Waals surface area (Å²) < 4.78 is 6.98. The molecule has 0 aliphatic carbocycles. The Bertz CT molecular complexity index is 522. The summed E-state index contributed by atoms with van der Waals surface area (Å²) >= 11 is 0. The van der Waals surface area contributed by atoms with E-state index in [4.69, 9.17) is 4.74 Å². The van der Waals surface area contributed by atoms with E-state index in [0.29, 0.717) is 6.61 Å². The van der Waals surface area contributed by atoms with Crippen molar-refractivity contribution in [2.24, 2.45) is 16.7 Å². The molecule has 0 atom stereocenters. The molecule has 0 saturated carbocycles. The van der Waals surface area contributed by atoms with Crippen molar-refractivity contribution in [2.75, 3.05) is 13.7 Å². The van der Waals surface area contributed by atoms with Crippen LogP contribution in [0.1, 0.15) is 73.9 Å². The number of ether oxygens (including phenoxy) is 1. The molecular weight excluding hydrogens is 328 g/mol. The number of aromatic nitrogens is 3. The first kappa shape index (κ1) is 24.6. The fraction of sp³-hybridized carbons (Fsp3) is 0.850. The summed E-state index contributed by atoms with van der Waals surface area (Å²) in [6.45, 7) is 18.9. The Balaban J connectivity index is 0.00000301. The van der Waals surface area contributed by atoms with Crippen molar-refractivity contribution in [2.45, 2.75) is 81.4 Å². The Labute approximate surface area is 160 Å². The molecule has 0 saturated heterocycles. The van der Waals surface area contributed by atoms with Crippen LogP contribution in [0.5, 0.6) is 0 Å². The van der Waals surface area contributed by atoms with Crippen LogP contribution in [0.15, 0.2) is 6.20 Å². The minimum Gasteiger partial charge on any atom is -0.378 e. The number of rotatable bonds is 10. The van der Waals surface area contributed by atoms with Crippen molar-refractivity contribution in [1.82, 2.24) is 20.3 Å². The highest BCUT2D eigenvalue weighted by Crippen LogP contribution is 2.37. The van der Waals surface area contributed by atoms with Crippen LogP contribution >= 0.6 is 0 Å². The first-order valence-electron chi connectivity index (χ1n) is 9.70. The third-order valence-corrected chi connectivity index (χ3v) is 4.05. The molecule has 0 aromatic carbocycles. The Morgan fingerprint density at radius 1 is 1.23 bits per heavy atom. The second-order valence-electron chi connectivity index (χ2n) is 8.54. The smallest absolute Gasteiger partial charge is 0.222 e. The average Bonchev–Trinajstić information content (AvgIpc) is 2.94. The fourth-order valence-electron chi connectivity index (χ4n) is 3.24. The molecule has 1 aromatic heterocycles. The average molecular weight is 369 g/mol. The van der Waals surface area contributed by atoms with Gasteiger partial charge < -0.3 is 10.1 Å². The van der Waals surface area contributed by atoms with Crippen LogP contribution in [0.25, 0.3) is 0 Å². The number of carbonyl (C=O) groups is 1. The van der Waals surface area contributed by atoms with Crippen LogP contribution in [-0.2, 0) is 22.7 Å². The highest BCUT2D eigenvalue weighted by Gasteiger charge is 2.29. The lowest BCUT2D eigenvalue weighted by Crippen LogP contribution is -2.33. The highest BCUT2D eigenvalue weighted by atomic mass is 16.5. The number of methoxy groups -OCH3 is 1. The summed E-state index contributed by atoms with van der Waals surface area (Å²) in [5.74, 6) is 0.163. The zero-order chi connectivity index (χ0) is 20.4.